The van der Waals surface area contributed by atoms with E-state index in [4.69, 9.17) is 0 Å². The summed E-state index contributed by atoms with van der Waals surface area (Å²) in [5, 5.41) is 33.9. The molecule has 2 aromatic rings. The highest BCUT2D eigenvalue weighted by atomic mass is 32.1. The Morgan fingerprint density at radius 2 is 1.64 bits per heavy atom. The van der Waals surface area contributed by atoms with Crippen LogP contribution in [0.1, 0.15) is 77.1 Å². The van der Waals surface area contributed by atoms with Crippen LogP contribution in [0.3, 0.4) is 0 Å². The number of aromatic nitrogens is 1. The van der Waals surface area contributed by atoms with Crippen LogP contribution in [0, 0.1) is 69.6 Å². The van der Waals surface area contributed by atoms with Crippen molar-refractivity contribution in [2.45, 2.75) is 96.9 Å². The zero-order valence-corrected chi connectivity index (χ0v) is 23.6. The molecule has 0 aliphatic heterocycles. The number of benzene rings is 1. The lowest BCUT2D eigenvalue weighted by atomic mass is 9.43. The summed E-state index contributed by atoms with van der Waals surface area (Å²) in [6.45, 7) is 6.65. The topological polar surface area (TPSA) is 73.6 Å². The maximum Gasteiger partial charge on any atom is 0.199 e. The van der Waals surface area contributed by atoms with E-state index in [1.165, 1.54) is 0 Å². The van der Waals surface area contributed by atoms with Gasteiger partial charge in [-0.2, -0.15) is 0 Å². The molecule has 9 heteroatoms. The van der Waals surface area contributed by atoms with Crippen molar-refractivity contribution in [3.8, 4) is 0 Å². The van der Waals surface area contributed by atoms with Gasteiger partial charge in [0.1, 0.15) is 5.52 Å². The highest BCUT2D eigenvalue weighted by Crippen LogP contribution is 2.68. The van der Waals surface area contributed by atoms with Crippen LogP contribution in [0.4, 0.5) is 17.6 Å². The third kappa shape index (κ3) is 4.03. The molecule has 6 rings (SSSR count). The van der Waals surface area contributed by atoms with Gasteiger partial charge in [-0.25, -0.2) is 22.5 Å². The van der Waals surface area contributed by atoms with Crippen molar-refractivity contribution in [3.05, 3.63) is 28.3 Å². The van der Waals surface area contributed by atoms with E-state index in [1.54, 1.807) is 0 Å². The van der Waals surface area contributed by atoms with Gasteiger partial charge < -0.3 is 15.3 Å². The van der Waals surface area contributed by atoms with Gasteiger partial charge in [-0.05, 0) is 104 Å². The minimum atomic E-state index is -1.84. The van der Waals surface area contributed by atoms with E-state index in [1.807, 2.05) is 0 Å². The van der Waals surface area contributed by atoms with Crippen LogP contribution >= 0.6 is 11.3 Å². The van der Waals surface area contributed by atoms with Gasteiger partial charge in [0, 0.05) is 0 Å². The molecule has 4 fully saturated rings. The Bertz CT molecular complexity index is 1230. The second kappa shape index (κ2) is 9.63. The van der Waals surface area contributed by atoms with Gasteiger partial charge in [-0.1, -0.05) is 20.8 Å². The number of nitrogens with zero attached hydrogens (tertiary/aromatic N) is 1. The Kier molecular flexibility index (Phi) is 6.88. The van der Waals surface area contributed by atoms with E-state index in [0.717, 1.165) is 43.4 Å². The van der Waals surface area contributed by atoms with Crippen LogP contribution in [0.15, 0.2) is 0 Å². The van der Waals surface area contributed by atoms with Gasteiger partial charge in [-0.3, -0.25) is 0 Å². The molecular weight excluding hydrogens is 530 g/mol. The van der Waals surface area contributed by atoms with E-state index in [-0.39, 0.29) is 57.1 Å². The largest absolute Gasteiger partial charge is 0.393 e. The van der Waals surface area contributed by atoms with Crippen LogP contribution in [-0.4, -0.2) is 38.6 Å². The normalized spacial score (nSPS) is 42.7. The van der Waals surface area contributed by atoms with Gasteiger partial charge in [0.15, 0.2) is 23.3 Å². The summed E-state index contributed by atoms with van der Waals surface area (Å²) in [5.41, 5.74) is -0.795. The van der Waals surface area contributed by atoms with Crippen molar-refractivity contribution >= 4 is 21.6 Å². The summed E-state index contributed by atoms with van der Waals surface area (Å²) < 4.78 is 55.5. The molecule has 4 saturated carbocycles. The Morgan fingerprint density at radius 3 is 2.38 bits per heavy atom. The maximum atomic E-state index is 14.2. The van der Waals surface area contributed by atoms with Crippen molar-refractivity contribution in [2.75, 3.05) is 0 Å². The number of hydrogen-bond donors (Lipinski definition) is 3. The fraction of sp³-hybridized carbons (Fsp3) is 0.767. The fourth-order valence-electron chi connectivity index (χ4n) is 9.85. The third-order valence-corrected chi connectivity index (χ3v) is 13.1. The van der Waals surface area contributed by atoms with Crippen LogP contribution in [0.5, 0.6) is 0 Å². The number of fused-ring (bicyclic) bond motifs is 6. The van der Waals surface area contributed by atoms with Crippen molar-refractivity contribution in [3.63, 3.8) is 0 Å². The second-order valence-corrected chi connectivity index (χ2v) is 14.7. The number of aliphatic hydroxyl groups excluding tert-OH is 3. The molecule has 216 valence electrons. The number of thiazole rings is 1. The molecule has 0 amide bonds. The minimum absolute atomic E-state index is 0.0193. The van der Waals surface area contributed by atoms with Gasteiger partial charge in [0.25, 0.3) is 0 Å². The summed E-state index contributed by atoms with van der Waals surface area (Å²) in [4.78, 5) is 4.10. The maximum absolute atomic E-state index is 14.2. The SMILES string of the molecule is CC(CCc1nc2c(F)c(F)c(F)c(F)c2s1)[C@H]1CC[C@H]2[C@@H]3[C@H](O)C[C@@H]4C[C@H](O)CC[C@]4(C)[C@H]3C[C@H](O)[C@]12C. The summed E-state index contributed by atoms with van der Waals surface area (Å²) in [5.74, 6) is -5.29. The quantitative estimate of drug-likeness (QED) is 0.227. The second-order valence-electron chi connectivity index (χ2n) is 13.6. The molecule has 4 nitrogen and oxygen atoms in total. The predicted octanol–water partition coefficient (Wildman–Crippen LogP) is 6.38. The number of aryl methyl sites for hydroxylation is 1. The van der Waals surface area contributed by atoms with E-state index in [9.17, 15) is 32.9 Å². The molecule has 3 N–H and O–H groups in total. The van der Waals surface area contributed by atoms with Crippen molar-refractivity contribution in [1.82, 2.24) is 4.98 Å². The molecule has 1 heterocycles. The minimum Gasteiger partial charge on any atom is -0.393 e. The van der Waals surface area contributed by atoms with Crippen LogP contribution in [0.25, 0.3) is 10.2 Å². The molecule has 1 aromatic carbocycles. The lowest BCUT2D eigenvalue weighted by molar-refractivity contribution is -0.207. The Balaban J connectivity index is 1.21. The van der Waals surface area contributed by atoms with Gasteiger partial charge >= 0.3 is 0 Å². The van der Waals surface area contributed by atoms with Gasteiger partial charge in [-0.15, -0.1) is 11.3 Å². The van der Waals surface area contributed by atoms with Crippen molar-refractivity contribution < 1.29 is 32.9 Å². The number of hydrogen-bond acceptors (Lipinski definition) is 5. The van der Waals surface area contributed by atoms with E-state index >= 15 is 0 Å². The number of rotatable bonds is 4. The van der Waals surface area contributed by atoms with E-state index < -0.39 is 41.0 Å². The zero-order valence-electron chi connectivity index (χ0n) is 22.8. The molecule has 0 spiro atoms. The molecular formula is C30H39F4NO3S. The summed E-state index contributed by atoms with van der Waals surface area (Å²) >= 11 is 0.860. The first-order valence-corrected chi connectivity index (χ1v) is 15.3. The van der Waals surface area contributed by atoms with Gasteiger partial charge in [0.2, 0.25) is 0 Å². The smallest absolute Gasteiger partial charge is 0.199 e. The van der Waals surface area contributed by atoms with Crippen molar-refractivity contribution in [1.29, 1.82) is 0 Å². The van der Waals surface area contributed by atoms with Crippen LogP contribution in [0.2, 0.25) is 0 Å². The highest BCUT2D eigenvalue weighted by Gasteiger charge is 2.65. The lowest BCUT2D eigenvalue weighted by Crippen LogP contribution is -2.62. The first-order chi connectivity index (χ1) is 18.4. The molecule has 4 aliphatic rings. The molecule has 4 aliphatic carbocycles. The standard InChI is InChI=1S/C30H39F4NO3S/c1-13(4-7-21-35-27-25(33)23(31)24(32)26(34)28(27)39-21)16-5-6-17-22-18(12-20(38)30(16,17)3)29(2)9-8-15(36)10-14(29)11-19(22)37/h13-20,22,36-38H,4-12H2,1-3H3/t13?,14-,15+,16+,17-,18-,19+,20-,22-,29-,30+/m0/s1. The molecule has 11 atom stereocenters. The molecule has 0 saturated heterocycles. The monoisotopic (exact) mass is 569 g/mol. The van der Waals surface area contributed by atoms with Crippen molar-refractivity contribution in [2.24, 2.45) is 46.3 Å². The van der Waals surface area contributed by atoms with Gasteiger partial charge in [0.05, 0.1) is 28.0 Å². The third-order valence-electron chi connectivity index (χ3n) is 12.0. The Hall–Kier alpha value is -1.29. The fourth-order valence-corrected chi connectivity index (χ4v) is 10.9. The summed E-state index contributed by atoms with van der Waals surface area (Å²) in [6.07, 6.45) is 5.56. The number of aliphatic hydroxyl groups is 3. The Labute approximate surface area is 230 Å². The molecule has 0 radical (unpaired) electrons. The zero-order chi connectivity index (χ0) is 28.0. The van der Waals surface area contributed by atoms with Crippen LogP contribution in [-0.2, 0) is 6.42 Å². The average molecular weight is 570 g/mol. The summed E-state index contributed by atoms with van der Waals surface area (Å²) in [6, 6.07) is 0. The molecule has 1 unspecified atom stereocenters. The first-order valence-electron chi connectivity index (χ1n) is 14.5. The summed E-state index contributed by atoms with van der Waals surface area (Å²) in [7, 11) is 0. The van der Waals surface area contributed by atoms with Crippen LogP contribution < -0.4 is 0 Å². The molecule has 0 bridgehead atoms. The first kappa shape index (κ1) is 27.9. The molecule has 1 aromatic heterocycles. The van der Waals surface area contributed by atoms with E-state index in [0.29, 0.717) is 30.7 Å². The molecule has 39 heavy (non-hydrogen) atoms. The predicted molar refractivity (Wildman–Crippen MR) is 141 cm³/mol. The van der Waals surface area contributed by atoms with E-state index in [2.05, 4.69) is 25.8 Å². The number of halogens is 4. The average Bonchev–Trinajstić information content (AvgIpc) is 3.49. The Morgan fingerprint density at radius 1 is 0.923 bits per heavy atom. The highest BCUT2D eigenvalue weighted by molar-refractivity contribution is 7.18. The lowest BCUT2D eigenvalue weighted by Gasteiger charge is -2.63.